The van der Waals surface area contributed by atoms with Gasteiger partial charge in [0.2, 0.25) is 5.95 Å². The molecule has 2 N–H and O–H groups in total. The molecule has 166 valence electrons. The lowest BCUT2D eigenvalue weighted by Gasteiger charge is -2.23. The molecule has 33 heavy (non-hydrogen) atoms. The number of nitrogens with one attached hydrogen (secondary N) is 2. The van der Waals surface area contributed by atoms with Crippen LogP contribution in [0.3, 0.4) is 0 Å². The molecule has 0 unspecified atom stereocenters. The first kappa shape index (κ1) is 21.9. The molecule has 6 nitrogen and oxygen atoms in total. The molecule has 0 saturated heterocycles. The highest BCUT2D eigenvalue weighted by atomic mass is 19.1. The van der Waals surface area contributed by atoms with E-state index in [4.69, 9.17) is 0 Å². The monoisotopic (exact) mass is 445 g/mol. The topological polar surface area (TPSA) is 70.2 Å². The van der Waals surface area contributed by atoms with Gasteiger partial charge in [0.05, 0.1) is 17.4 Å². The maximum Gasteiger partial charge on any atom is 0.332 e. The van der Waals surface area contributed by atoms with E-state index in [1.165, 1.54) is 53.6 Å². The van der Waals surface area contributed by atoms with Gasteiger partial charge in [-0.2, -0.15) is 4.98 Å². The van der Waals surface area contributed by atoms with Gasteiger partial charge in [-0.1, -0.05) is 42.5 Å². The maximum atomic E-state index is 14.1. The average Bonchev–Trinajstić information content (AvgIpc) is 2.83. The third-order valence-corrected chi connectivity index (χ3v) is 4.92. The summed E-state index contributed by atoms with van der Waals surface area (Å²) in [7, 11) is 0. The van der Waals surface area contributed by atoms with Crippen molar-refractivity contribution >= 4 is 29.2 Å². The average molecular weight is 445 g/mol. The van der Waals surface area contributed by atoms with Gasteiger partial charge in [-0.25, -0.2) is 23.5 Å². The van der Waals surface area contributed by atoms with E-state index < -0.39 is 17.7 Å². The van der Waals surface area contributed by atoms with Gasteiger partial charge in [0.15, 0.2) is 0 Å². The van der Waals surface area contributed by atoms with Crippen molar-refractivity contribution in [3.8, 4) is 0 Å². The molecule has 0 radical (unpaired) electrons. The Morgan fingerprint density at radius 1 is 0.909 bits per heavy atom. The highest BCUT2D eigenvalue weighted by Crippen LogP contribution is 2.27. The van der Waals surface area contributed by atoms with Gasteiger partial charge < -0.3 is 10.6 Å². The second-order valence-corrected chi connectivity index (χ2v) is 7.24. The van der Waals surface area contributed by atoms with Crippen LogP contribution in [0.4, 0.5) is 36.7 Å². The lowest BCUT2D eigenvalue weighted by Crippen LogP contribution is -2.32. The summed E-state index contributed by atoms with van der Waals surface area (Å²) in [5.41, 5.74) is 1.41. The smallest absolute Gasteiger partial charge is 0.332 e. The molecule has 3 aromatic carbocycles. The van der Waals surface area contributed by atoms with Gasteiger partial charge in [-0.3, -0.25) is 0 Å². The summed E-state index contributed by atoms with van der Waals surface area (Å²) >= 11 is 0. The molecule has 0 aliphatic carbocycles. The fourth-order valence-corrected chi connectivity index (χ4v) is 3.24. The maximum absolute atomic E-state index is 14.1. The number of hydrogen-bond acceptors (Lipinski definition) is 4. The number of benzene rings is 3. The standard InChI is InChI=1S/C25H21F2N5O/c1-17(18-7-3-2-4-8-18)29-24-28-16-15-23(31-24)32(20-13-11-19(26)12-14-20)25(33)30-22-10-6-5-9-21(22)27/h2-17H,1H3,(H,30,33)(H,28,29,31)/t17-/m0/s1. The molecule has 0 spiro atoms. The van der Waals surface area contributed by atoms with Crippen molar-refractivity contribution < 1.29 is 13.6 Å². The van der Waals surface area contributed by atoms with Crippen LogP contribution in [0.1, 0.15) is 18.5 Å². The summed E-state index contributed by atoms with van der Waals surface area (Å²) in [5.74, 6) is -0.496. The number of carbonyl (C=O) groups excluding carboxylic acids is 1. The molecule has 1 atom stereocenters. The van der Waals surface area contributed by atoms with Crippen molar-refractivity contribution in [2.24, 2.45) is 0 Å². The number of halogens is 2. The molecule has 1 aromatic heterocycles. The fraction of sp³-hybridized carbons (Fsp3) is 0.0800. The highest BCUT2D eigenvalue weighted by Gasteiger charge is 2.22. The fourth-order valence-electron chi connectivity index (χ4n) is 3.24. The Morgan fingerprint density at radius 3 is 2.33 bits per heavy atom. The van der Waals surface area contributed by atoms with E-state index >= 15 is 0 Å². The predicted molar refractivity (Wildman–Crippen MR) is 124 cm³/mol. The lowest BCUT2D eigenvalue weighted by molar-refractivity contribution is 0.258. The van der Waals surface area contributed by atoms with Crippen molar-refractivity contribution in [3.05, 3.63) is 108 Å². The number of hydrogen-bond donors (Lipinski definition) is 2. The Kier molecular flexibility index (Phi) is 6.54. The Labute approximate surface area is 189 Å². The van der Waals surface area contributed by atoms with Gasteiger partial charge in [0, 0.05) is 12.3 Å². The van der Waals surface area contributed by atoms with Crippen molar-refractivity contribution in [2.75, 3.05) is 15.5 Å². The minimum Gasteiger partial charge on any atom is -0.348 e. The van der Waals surface area contributed by atoms with E-state index in [1.54, 1.807) is 12.1 Å². The number of anilines is 4. The van der Waals surface area contributed by atoms with Crippen LogP contribution in [-0.4, -0.2) is 16.0 Å². The SMILES string of the molecule is C[C@H](Nc1nccc(N(C(=O)Nc2ccccc2F)c2ccc(F)cc2)n1)c1ccccc1. The quantitative estimate of drug-likeness (QED) is 0.366. The lowest BCUT2D eigenvalue weighted by atomic mass is 10.1. The summed E-state index contributed by atoms with van der Waals surface area (Å²) in [6.45, 7) is 1.97. The summed E-state index contributed by atoms with van der Waals surface area (Å²) in [4.78, 5) is 23.1. The predicted octanol–water partition coefficient (Wildman–Crippen LogP) is 6.30. The van der Waals surface area contributed by atoms with Gasteiger partial charge in [-0.05, 0) is 48.9 Å². The van der Waals surface area contributed by atoms with Crippen LogP contribution in [-0.2, 0) is 0 Å². The molecule has 2 amide bonds. The molecule has 4 aromatic rings. The molecule has 0 fully saturated rings. The van der Waals surface area contributed by atoms with Crippen LogP contribution in [0.15, 0.2) is 91.1 Å². The molecule has 4 rings (SSSR count). The molecular formula is C25H21F2N5O. The number of aromatic nitrogens is 2. The van der Waals surface area contributed by atoms with Crippen LogP contribution in [0.2, 0.25) is 0 Å². The van der Waals surface area contributed by atoms with Gasteiger partial charge >= 0.3 is 6.03 Å². The number of rotatable bonds is 6. The molecule has 0 saturated carbocycles. The van der Waals surface area contributed by atoms with Crippen LogP contribution < -0.4 is 15.5 Å². The number of para-hydroxylation sites is 1. The van der Waals surface area contributed by atoms with Crippen LogP contribution in [0.5, 0.6) is 0 Å². The van der Waals surface area contributed by atoms with Gasteiger partial charge in [0.25, 0.3) is 0 Å². The summed E-state index contributed by atoms with van der Waals surface area (Å²) in [6.07, 6.45) is 1.51. The van der Waals surface area contributed by atoms with E-state index in [1.807, 2.05) is 37.3 Å². The van der Waals surface area contributed by atoms with Crippen molar-refractivity contribution in [2.45, 2.75) is 13.0 Å². The van der Waals surface area contributed by atoms with E-state index in [0.29, 0.717) is 11.6 Å². The minimum atomic E-state index is -0.660. The molecule has 8 heteroatoms. The number of nitrogens with zero attached hydrogens (tertiary/aromatic N) is 3. The normalized spacial score (nSPS) is 11.5. The van der Waals surface area contributed by atoms with E-state index in [2.05, 4.69) is 20.6 Å². The first-order valence-electron chi connectivity index (χ1n) is 10.3. The largest absolute Gasteiger partial charge is 0.348 e. The Morgan fingerprint density at radius 2 is 1.61 bits per heavy atom. The van der Waals surface area contributed by atoms with Crippen molar-refractivity contribution in [1.82, 2.24) is 9.97 Å². The van der Waals surface area contributed by atoms with E-state index in [0.717, 1.165) is 5.56 Å². The zero-order valence-corrected chi connectivity index (χ0v) is 17.7. The highest BCUT2D eigenvalue weighted by molar-refractivity contribution is 6.06. The summed E-state index contributed by atoms with van der Waals surface area (Å²) in [6, 6.07) is 21.7. The van der Waals surface area contributed by atoms with E-state index in [-0.39, 0.29) is 17.5 Å². The third kappa shape index (κ3) is 5.30. The molecule has 1 heterocycles. The van der Waals surface area contributed by atoms with Gasteiger partial charge in [-0.15, -0.1) is 0 Å². The van der Waals surface area contributed by atoms with Crippen molar-refractivity contribution in [3.63, 3.8) is 0 Å². The Bertz CT molecular complexity index is 1240. The van der Waals surface area contributed by atoms with E-state index in [9.17, 15) is 13.6 Å². The van der Waals surface area contributed by atoms with Crippen molar-refractivity contribution in [1.29, 1.82) is 0 Å². The summed E-state index contributed by atoms with van der Waals surface area (Å²) in [5, 5.41) is 5.76. The number of carbonyl (C=O) groups is 1. The van der Waals surface area contributed by atoms with Crippen LogP contribution >= 0.6 is 0 Å². The molecular weight excluding hydrogens is 424 g/mol. The minimum absolute atomic E-state index is 0.0136. The van der Waals surface area contributed by atoms with Crippen LogP contribution in [0.25, 0.3) is 0 Å². The first-order chi connectivity index (χ1) is 16.0. The Hall–Kier alpha value is -4.33. The summed E-state index contributed by atoms with van der Waals surface area (Å²) < 4.78 is 27.6. The zero-order valence-electron chi connectivity index (χ0n) is 17.7. The zero-order chi connectivity index (χ0) is 23.2. The number of amides is 2. The second-order valence-electron chi connectivity index (χ2n) is 7.24. The third-order valence-electron chi connectivity index (χ3n) is 4.92. The van der Waals surface area contributed by atoms with Gasteiger partial charge in [0.1, 0.15) is 17.5 Å². The molecule has 0 aliphatic rings. The Balaban J connectivity index is 1.65. The van der Waals surface area contributed by atoms with Crippen LogP contribution in [0, 0.1) is 11.6 Å². The molecule has 0 bridgehead atoms. The second kappa shape index (κ2) is 9.86. The number of urea groups is 1. The first-order valence-corrected chi connectivity index (χ1v) is 10.3. The molecule has 0 aliphatic heterocycles.